The Labute approximate surface area is 229 Å². The number of nitrogens with one attached hydrogen (secondary N) is 1. The van der Waals surface area contributed by atoms with Crippen LogP contribution in [0.4, 0.5) is 5.82 Å². The fourth-order valence-corrected chi connectivity index (χ4v) is 5.83. The number of carbonyl (C=O) groups excluding carboxylic acids is 2. The van der Waals surface area contributed by atoms with Gasteiger partial charge >= 0.3 is 0 Å². The normalized spacial score (nSPS) is 16.6. The van der Waals surface area contributed by atoms with Gasteiger partial charge in [-0.1, -0.05) is 57.5 Å². The van der Waals surface area contributed by atoms with E-state index in [1.165, 1.54) is 0 Å². The summed E-state index contributed by atoms with van der Waals surface area (Å²) in [5.41, 5.74) is 4.66. The van der Waals surface area contributed by atoms with E-state index in [1.54, 1.807) is 23.8 Å². The van der Waals surface area contributed by atoms with Gasteiger partial charge in [-0.05, 0) is 50.1 Å². The Morgan fingerprint density at radius 2 is 1.92 bits per heavy atom. The molecule has 0 saturated carbocycles. The van der Waals surface area contributed by atoms with Crippen molar-refractivity contribution in [3.63, 3.8) is 0 Å². The lowest BCUT2D eigenvalue weighted by atomic mass is 9.87. The van der Waals surface area contributed by atoms with Crippen molar-refractivity contribution in [1.29, 1.82) is 0 Å². The smallest absolute Gasteiger partial charge is 0.240 e. The molecule has 2 amide bonds. The zero-order valence-electron chi connectivity index (χ0n) is 23.4. The van der Waals surface area contributed by atoms with E-state index in [0.717, 1.165) is 40.2 Å². The van der Waals surface area contributed by atoms with Gasteiger partial charge in [0, 0.05) is 17.0 Å². The Morgan fingerprint density at radius 1 is 1.21 bits per heavy atom. The van der Waals surface area contributed by atoms with Gasteiger partial charge in [0.25, 0.3) is 0 Å². The van der Waals surface area contributed by atoms with Crippen molar-refractivity contribution in [2.24, 2.45) is 0 Å². The van der Waals surface area contributed by atoms with E-state index in [0.29, 0.717) is 5.82 Å². The third kappa shape index (κ3) is 5.75. The van der Waals surface area contributed by atoms with Gasteiger partial charge in [-0.2, -0.15) is 5.10 Å². The highest BCUT2D eigenvalue weighted by Crippen LogP contribution is 2.48. The second-order valence-electron chi connectivity index (χ2n) is 10.9. The molecule has 2 aromatic carbocycles. The van der Waals surface area contributed by atoms with Crippen LogP contribution >= 0.6 is 11.8 Å². The minimum absolute atomic E-state index is 0.0232. The number of hydrogen-bond donors (Lipinski definition) is 1. The predicted octanol–water partition coefficient (Wildman–Crippen LogP) is 5.57. The van der Waals surface area contributed by atoms with Crippen LogP contribution in [0.15, 0.2) is 48.5 Å². The highest BCUT2D eigenvalue weighted by atomic mass is 32.2. The summed E-state index contributed by atoms with van der Waals surface area (Å²) in [7, 11) is 1.63. The second kappa shape index (κ2) is 11.2. The van der Waals surface area contributed by atoms with Crippen LogP contribution in [-0.4, -0.2) is 47.0 Å². The number of aromatic nitrogens is 2. The molecule has 202 valence electrons. The number of aryl methyl sites for hydroxylation is 1. The maximum absolute atomic E-state index is 13.7. The maximum Gasteiger partial charge on any atom is 0.240 e. The summed E-state index contributed by atoms with van der Waals surface area (Å²) in [6.07, 6.45) is 0.814. The summed E-state index contributed by atoms with van der Waals surface area (Å²) >= 11 is 1.59. The molecule has 0 fully saturated rings. The molecular weight excluding hydrogens is 496 g/mol. The second-order valence-corrected chi connectivity index (χ2v) is 12.0. The first-order valence-corrected chi connectivity index (χ1v) is 14.1. The number of methoxy groups -OCH3 is 1. The Balaban J connectivity index is 1.98. The zero-order chi connectivity index (χ0) is 27.6. The molecule has 0 spiro atoms. The van der Waals surface area contributed by atoms with Crippen molar-refractivity contribution in [2.75, 3.05) is 24.3 Å². The Kier molecular flexibility index (Phi) is 8.21. The summed E-state index contributed by atoms with van der Waals surface area (Å²) < 4.78 is 7.20. The molecule has 1 aromatic heterocycles. The van der Waals surface area contributed by atoms with Gasteiger partial charge in [-0.25, -0.2) is 4.68 Å². The van der Waals surface area contributed by atoms with Crippen molar-refractivity contribution < 1.29 is 14.3 Å². The monoisotopic (exact) mass is 534 g/mol. The molecule has 1 aliphatic heterocycles. The molecule has 1 aliphatic rings. The third-order valence-electron chi connectivity index (χ3n) is 6.78. The summed E-state index contributed by atoms with van der Waals surface area (Å²) in [5.74, 6) is 1.35. The first-order chi connectivity index (χ1) is 18.0. The van der Waals surface area contributed by atoms with Crippen LogP contribution < -0.4 is 15.0 Å². The van der Waals surface area contributed by atoms with E-state index in [9.17, 15) is 9.59 Å². The molecule has 2 atom stereocenters. The van der Waals surface area contributed by atoms with E-state index in [4.69, 9.17) is 9.84 Å². The van der Waals surface area contributed by atoms with Crippen molar-refractivity contribution in [1.82, 2.24) is 15.1 Å². The fourth-order valence-electron chi connectivity index (χ4n) is 4.64. The lowest BCUT2D eigenvalue weighted by Gasteiger charge is -2.25. The summed E-state index contributed by atoms with van der Waals surface area (Å²) in [4.78, 5) is 28.5. The number of nitrogens with zero attached hydrogens (tertiary/aromatic N) is 3. The van der Waals surface area contributed by atoms with Gasteiger partial charge in [-0.15, -0.1) is 11.8 Å². The van der Waals surface area contributed by atoms with E-state index in [1.807, 2.05) is 42.8 Å². The molecule has 38 heavy (non-hydrogen) atoms. The van der Waals surface area contributed by atoms with Crippen LogP contribution in [0.3, 0.4) is 0 Å². The molecule has 7 nitrogen and oxygen atoms in total. The van der Waals surface area contributed by atoms with Crippen molar-refractivity contribution >= 4 is 29.4 Å². The van der Waals surface area contributed by atoms with Crippen molar-refractivity contribution in [2.45, 2.75) is 64.7 Å². The van der Waals surface area contributed by atoms with E-state index in [-0.39, 0.29) is 40.8 Å². The number of hydrogen-bond acceptors (Lipinski definition) is 5. The minimum Gasteiger partial charge on any atom is -0.497 e. The van der Waals surface area contributed by atoms with E-state index < -0.39 is 0 Å². The number of fused-ring (bicyclic) bond motifs is 1. The minimum atomic E-state index is -0.303. The summed E-state index contributed by atoms with van der Waals surface area (Å²) in [5, 5.41) is 8.05. The summed E-state index contributed by atoms with van der Waals surface area (Å²) in [6.45, 7) is 12.4. The highest BCUT2D eigenvalue weighted by molar-refractivity contribution is 8.00. The Bertz CT molecular complexity index is 1310. The van der Waals surface area contributed by atoms with Gasteiger partial charge in [0.2, 0.25) is 11.8 Å². The van der Waals surface area contributed by atoms with E-state index in [2.05, 4.69) is 57.3 Å². The molecule has 0 bridgehead atoms. The standard InChI is InChI=1S/C30H38N4O3S/c1-8-20(3)31-24(35)17-33-25(36)18-38-27(21-11-9-10-19(2)16-21)26-28(30(4,5)6)32-34(29(26)33)22-12-14-23(37-7)15-13-22/h9-16,20,27H,8,17-18H2,1-7H3,(H,31,35)/t20-,27+/m1/s1. The van der Waals surface area contributed by atoms with Crippen LogP contribution in [0.5, 0.6) is 5.75 Å². The number of anilines is 1. The number of thioether (sulfide) groups is 1. The van der Waals surface area contributed by atoms with Gasteiger partial charge < -0.3 is 10.1 Å². The van der Waals surface area contributed by atoms with Crippen LogP contribution in [0.1, 0.15) is 68.7 Å². The quantitative estimate of drug-likeness (QED) is 0.429. The molecule has 2 heterocycles. The largest absolute Gasteiger partial charge is 0.497 e. The molecular formula is C30H38N4O3S. The van der Waals surface area contributed by atoms with Crippen molar-refractivity contribution in [3.05, 3.63) is 70.9 Å². The van der Waals surface area contributed by atoms with Crippen molar-refractivity contribution in [3.8, 4) is 11.4 Å². The molecule has 0 aliphatic carbocycles. The topological polar surface area (TPSA) is 76.5 Å². The Morgan fingerprint density at radius 3 is 2.53 bits per heavy atom. The average molecular weight is 535 g/mol. The van der Waals surface area contributed by atoms with Crippen LogP contribution in [0.2, 0.25) is 0 Å². The maximum atomic E-state index is 13.7. The number of ether oxygens (including phenoxy) is 1. The molecule has 4 rings (SSSR count). The van der Waals surface area contributed by atoms with Crippen LogP contribution in [-0.2, 0) is 15.0 Å². The number of benzene rings is 2. The lowest BCUT2D eigenvalue weighted by molar-refractivity contribution is -0.123. The number of rotatable bonds is 7. The average Bonchev–Trinajstić information content (AvgIpc) is 3.22. The first kappa shape index (κ1) is 27.8. The molecule has 0 radical (unpaired) electrons. The molecule has 1 N–H and O–H groups in total. The summed E-state index contributed by atoms with van der Waals surface area (Å²) in [6, 6.07) is 16.1. The van der Waals surface area contributed by atoms with Gasteiger partial charge in [0.1, 0.15) is 18.1 Å². The van der Waals surface area contributed by atoms with Crippen LogP contribution in [0.25, 0.3) is 5.69 Å². The SMILES string of the molecule is CC[C@@H](C)NC(=O)CN1C(=O)CS[C@@H](c2cccc(C)c2)c2c(C(C)(C)C)nn(-c3ccc(OC)cc3)c21. The van der Waals surface area contributed by atoms with Gasteiger partial charge in [0.15, 0.2) is 0 Å². The lowest BCUT2D eigenvalue weighted by Crippen LogP contribution is -2.44. The van der Waals surface area contributed by atoms with E-state index >= 15 is 0 Å². The number of amides is 2. The van der Waals surface area contributed by atoms with Crippen LogP contribution in [0, 0.1) is 6.92 Å². The molecule has 8 heteroatoms. The fraction of sp³-hybridized carbons (Fsp3) is 0.433. The molecule has 0 unspecified atom stereocenters. The highest BCUT2D eigenvalue weighted by Gasteiger charge is 2.40. The van der Waals surface area contributed by atoms with Gasteiger partial charge in [0.05, 0.1) is 29.5 Å². The molecule has 0 saturated heterocycles. The first-order valence-electron chi connectivity index (χ1n) is 13.1. The third-order valence-corrected chi connectivity index (χ3v) is 8.04. The number of carbonyl (C=O) groups is 2. The van der Waals surface area contributed by atoms with Gasteiger partial charge in [-0.3, -0.25) is 14.5 Å². The molecule has 3 aromatic rings. The predicted molar refractivity (Wildman–Crippen MR) is 155 cm³/mol. The zero-order valence-corrected chi connectivity index (χ0v) is 24.2. The Hall–Kier alpha value is -3.26.